The van der Waals surface area contributed by atoms with Gasteiger partial charge in [0, 0.05) is 44.6 Å². The summed E-state index contributed by atoms with van der Waals surface area (Å²) in [4.78, 5) is 34.6. The van der Waals surface area contributed by atoms with Crippen molar-refractivity contribution < 1.29 is 9.59 Å². The van der Waals surface area contributed by atoms with Gasteiger partial charge in [0.1, 0.15) is 11.6 Å². The fourth-order valence-corrected chi connectivity index (χ4v) is 2.77. The second-order valence-corrected chi connectivity index (χ2v) is 5.75. The third kappa shape index (κ3) is 3.34. The van der Waals surface area contributed by atoms with Crippen LogP contribution >= 0.6 is 11.6 Å². The summed E-state index contributed by atoms with van der Waals surface area (Å²) in [5.41, 5.74) is 0.483. The van der Waals surface area contributed by atoms with Crippen molar-refractivity contribution in [2.45, 2.75) is 6.92 Å². The van der Waals surface area contributed by atoms with Crippen LogP contribution in [0.3, 0.4) is 0 Å². The minimum atomic E-state index is -0.191. The Morgan fingerprint density at radius 3 is 2.65 bits per heavy atom. The van der Waals surface area contributed by atoms with Crippen LogP contribution in [0.1, 0.15) is 6.92 Å². The standard InChI is InChI=1S/C15H16ClN5O2/c1-10(23)17-13-3-2-11-12(16)8-14(19-15(11)18-13)21-6-4-20(9-22)5-7-21/h2-3,8-9H,4-7H2,1H3,(H,17,18,19,23). The van der Waals surface area contributed by atoms with Crippen molar-refractivity contribution in [3.05, 3.63) is 23.2 Å². The Kier molecular flexibility index (Phi) is 4.29. The van der Waals surface area contributed by atoms with Crippen molar-refractivity contribution in [1.82, 2.24) is 14.9 Å². The van der Waals surface area contributed by atoms with Crippen molar-refractivity contribution in [1.29, 1.82) is 0 Å². The van der Waals surface area contributed by atoms with Crippen LogP contribution in [0.5, 0.6) is 0 Å². The van der Waals surface area contributed by atoms with Gasteiger partial charge in [0.05, 0.1) is 5.02 Å². The summed E-state index contributed by atoms with van der Waals surface area (Å²) in [5.74, 6) is 0.973. The Bertz CT molecular complexity index is 759. The highest BCUT2D eigenvalue weighted by Crippen LogP contribution is 2.27. The molecular formula is C15H16ClN5O2. The fraction of sp³-hybridized carbons (Fsp3) is 0.333. The number of anilines is 2. The van der Waals surface area contributed by atoms with E-state index >= 15 is 0 Å². The first-order chi connectivity index (χ1) is 11.1. The number of rotatable bonds is 3. The SMILES string of the molecule is CC(=O)Nc1ccc2c(Cl)cc(N3CCN(C=O)CC3)nc2n1. The molecule has 3 rings (SSSR count). The first-order valence-electron chi connectivity index (χ1n) is 7.26. The van der Waals surface area contributed by atoms with Gasteiger partial charge in [-0.25, -0.2) is 9.97 Å². The molecule has 120 valence electrons. The molecule has 1 aliphatic rings. The summed E-state index contributed by atoms with van der Waals surface area (Å²) in [6, 6.07) is 5.29. The molecule has 2 amide bonds. The van der Waals surface area contributed by atoms with Crippen LogP contribution in [0.25, 0.3) is 11.0 Å². The fourth-order valence-electron chi connectivity index (χ4n) is 2.52. The highest BCUT2D eigenvalue weighted by molar-refractivity contribution is 6.35. The molecule has 1 saturated heterocycles. The van der Waals surface area contributed by atoms with E-state index in [0.29, 0.717) is 42.7 Å². The molecule has 7 nitrogen and oxygen atoms in total. The maximum absolute atomic E-state index is 11.2. The molecule has 3 heterocycles. The zero-order chi connectivity index (χ0) is 16.4. The predicted octanol–water partition coefficient (Wildman–Crippen LogP) is 1.52. The first-order valence-corrected chi connectivity index (χ1v) is 7.64. The van der Waals surface area contributed by atoms with E-state index in [1.54, 1.807) is 23.1 Å². The number of nitrogens with one attached hydrogen (secondary N) is 1. The summed E-state index contributed by atoms with van der Waals surface area (Å²) >= 11 is 6.33. The lowest BCUT2D eigenvalue weighted by Gasteiger charge is -2.33. The number of carbonyl (C=O) groups excluding carboxylic acids is 2. The summed E-state index contributed by atoms with van der Waals surface area (Å²) in [6.45, 7) is 4.12. The molecule has 1 fully saturated rings. The van der Waals surface area contributed by atoms with Gasteiger partial charge in [0.15, 0.2) is 5.65 Å². The second-order valence-electron chi connectivity index (χ2n) is 5.34. The molecule has 0 unspecified atom stereocenters. The number of hydrogen-bond donors (Lipinski definition) is 1. The molecule has 2 aromatic heterocycles. The number of pyridine rings is 2. The van der Waals surface area contributed by atoms with Crippen LogP contribution in [0.4, 0.5) is 11.6 Å². The maximum atomic E-state index is 11.2. The molecule has 0 bridgehead atoms. The van der Waals surface area contributed by atoms with Crippen molar-refractivity contribution in [3.63, 3.8) is 0 Å². The Morgan fingerprint density at radius 1 is 1.26 bits per heavy atom. The van der Waals surface area contributed by atoms with Gasteiger partial charge in [-0.15, -0.1) is 0 Å². The lowest BCUT2D eigenvalue weighted by atomic mass is 10.2. The van der Waals surface area contributed by atoms with Crippen LogP contribution in [0, 0.1) is 0 Å². The number of fused-ring (bicyclic) bond motifs is 1. The highest BCUT2D eigenvalue weighted by Gasteiger charge is 2.18. The molecule has 0 radical (unpaired) electrons. The quantitative estimate of drug-likeness (QED) is 0.862. The van der Waals surface area contributed by atoms with Gasteiger partial charge < -0.3 is 15.1 Å². The number of aromatic nitrogens is 2. The monoisotopic (exact) mass is 333 g/mol. The number of halogens is 1. The molecule has 0 aromatic carbocycles. The number of carbonyl (C=O) groups is 2. The first kappa shape index (κ1) is 15.5. The zero-order valence-electron chi connectivity index (χ0n) is 12.6. The number of piperazine rings is 1. The lowest BCUT2D eigenvalue weighted by Crippen LogP contribution is -2.46. The molecular weight excluding hydrogens is 318 g/mol. The van der Waals surface area contributed by atoms with E-state index in [4.69, 9.17) is 11.6 Å². The normalized spacial score (nSPS) is 14.9. The van der Waals surface area contributed by atoms with Crippen molar-refractivity contribution in [2.24, 2.45) is 0 Å². The van der Waals surface area contributed by atoms with E-state index in [2.05, 4.69) is 20.2 Å². The average Bonchev–Trinajstić information content (AvgIpc) is 2.54. The van der Waals surface area contributed by atoms with Crippen LogP contribution in [0.2, 0.25) is 5.02 Å². The number of nitrogens with zero attached hydrogens (tertiary/aromatic N) is 4. The molecule has 1 aliphatic heterocycles. The molecule has 0 saturated carbocycles. The summed E-state index contributed by atoms with van der Waals surface area (Å²) in [7, 11) is 0. The molecule has 23 heavy (non-hydrogen) atoms. The van der Waals surface area contributed by atoms with Crippen LogP contribution in [0.15, 0.2) is 18.2 Å². The average molecular weight is 334 g/mol. The van der Waals surface area contributed by atoms with Gasteiger partial charge >= 0.3 is 0 Å². The molecule has 0 atom stereocenters. The van der Waals surface area contributed by atoms with E-state index < -0.39 is 0 Å². The maximum Gasteiger partial charge on any atom is 0.222 e. The zero-order valence-corrected chi connectivity index (χ0v) is 13.4. The Balaban J connectivity index is 1.92. The van der Waals surface area contributed by atoms with Gasteiger partial charge in [-0.1, -0.05) is 11.6 Å². The number of amides is 2. The van der Waals surface area contributed by atoms with Gasteiger partial charge in [0.2, 0.25) is 12.3 Å². The van der Waals surface area contributed by atoms with E-state index in [1.165, 1.54) is 6.92 Å². The molecule has 8 heteroatoms. The summed E-state index contributed by atoms with van der Waals surface area (Å²) in [5, 5.41) is 3.93. The Labute approximate surface area is 138 Å². The van der Waals surface area contributed by atoms with E-state index in [1.807, 2.05) is 0 Å². The summed E-state index contributed by atoms with van der Waals surface area (Å²) in [6.07, 6.45) is 0.861. The third-order valence-electron chi connectivity index (χ3n) is 3.70. The van der Waals surface area contributed by atoms with Crippen molar-refractivity contribution in [2.75, 3.05) is 36.4 Å². The third-order valence-corrected chi connectivity index (χ3v) is 4.01. The molecule has 1 N–H and O–H groups in total. The van der Waals surface area contributed by atoms with Crippen molar-refractivity contribution >= 4 is 46.6 Å². The summed E-state index contributed by atoms with van der Waals surface area (Å²) < 4.78 is 0. The van der Waals surface area contributed by atoms with Gasteiger partial charge in [-0.05, 0) is 12.1 Å². The Hall–Kier alpha value is -2.41. The van der Waals surface area contributed by atoms with Gasteiger partial charge in [-0.3, -0.25) is 9.59 Å². The van der Waals surface area contributed by atoms with E-state index in [9.17, 15) is 9.59 Å². The van der Waals surface area contributed by atoms with Gasteiger partial charge in [0.25, 0.3) is 0 Å². The van der Waals surface area contributed by atoms with Gasteiger partial charge in [-0.2, -0.15) is 0 Å². The topological polar surface area (TPSA) is 78.4 Å². The Morgan fingerprint density at radius 2 is 2.00 bits per heavy atom. The van der Waals surface area contributed by atoms with Crippen molar-refractivity contribution in [3.8, 4) is 0 Å². The lowest BCUT2D eigenvalue weighted by molar-refractivity contribution is -0.118. The molecule has 0 aliphatic carbocycles. The largest absolute Gasteiger partial charge is 0.353 e. The van der Waals surface area contributed by atoms with Crippen LogP contribution in [-0.4, -0.2) is 53.4 Å². The molecule has 0 spiro atoms. The second kappa shape index (κ2) is 6.37. The highest BCUT2D eigenvalue weighted by atomic mass is 35.5. The predicted molar refractivity (Wildman–Crippen MR) is 88.7 cm³/mol. The molecule has 2 aromatic rings. The minimum absolute atomic E-state index is 0.191. The van der Waals surface area contributed by atoms with E-state index in [-0.39, 0.29) is 5.91 Å². The number of hydrogen-bond acceptors (Lipinski definition) is 5. The smallest absolute Gasteiger partial charge is 0.222 e. The van der Waals surface area contributed by atoms with E-state index in [0.717, 1.165) is 17.6 Å². The van der Waals surface area contributed by atoms with Crippen LogP contribution in [-0.2, 0) is 9.59 Å². The van der Waals surface area contributed by atoms with Crippen LogP contribution < -0.4 is 10.2 Å². The minimum Gasteiger partial charge on any atom is -0.353 e.